The molecule has 0 spiro atoms. The third-order valence-corrected chi connectivity index (χ3v) is 6.09. The largest absolute Gasteiger partial charge is 0.354 e. The predicted molar refractivity (Wildman–Crippen MR) is 138 cm³/mol. The molecular weight excluding hydrogens is 439 g/mol. The predicted octanol–water partition coefficient (Wildman–Crippen LogP) is 5.70. The van der Waals surface area contributed by atoms with E-state index in [0.29, 0.717) is 25.8 Å². The minimum Gasteiger partial charge on any atom is -0.354 e. The van der Waals surface area contributed by atoms with E-state index < -0.39 is 6.04 Å². The second kappa shape index (κ2) is 14.1. The maximum absolute atomic E-state index is 13.6. The molecule has 0 aliphatic rings. The van der Waals surface area contributed by atoms with Crippen molar-refractivity contribution < 1.29 is 14.0 Å². The second-order valence-corrected chi connectivity index (χ2v) is 8.84. The highest BCUT2D eigenvalue weighted by Crippen LogP contribution is 2.17. The summed E-state index contributed by atoms with van der Waals surface area (Å²) < 4.78 is 13.5. The molecule has 3 aromatic carbocycles. The Bertz CT molecular complexity index is 1040. The van der Waals surface area contributed by atoms with Crippen molar-refractivity contribution in [3.8, 4) is 0 Å². The Kier molecular flexibility index (Phi) is 10.5. The van der Waals surface area contributed by atoms with Gasteiger partial charge in [-0.15, -0.1) is 0 Å². The zero-order chi connectivity index (χ0) is 24.9. The number of aryl methyl sites for hydroxylation is 1. The molecule has 5 heteroatoms. The smallest absolute Gasteiger partial charge is 0.243 e. The molecule has 1 N–H and O–H groups in total. The molecule has 184 valence electrons. The van der Waals surface area contributed by atoms with Crippen LogP contribution in [0.5, 0.6) is 0 Å². The van der Waals surface area contributed by atoms with E-state index >= 15 is 0 Å². The van der Waals surface area contributed by atoms with E-state index in [1.165, 1.54) is 12.1 Å². The fourth-order valence-electron chi connectivity index (χ4n) is 4.08. The van der Waals surface area contributed by atoms with Gasteiger partial charge in [-0.25, -0.2) is 4.39 Å². The molecule has 0 aliphatic heterocycles. The van der Waals surface area contributed by atoms with Crippen LogP contribution in [0.3, 0.4) is 0 Å². The van der Waals surface area contributed by atoms with Crippen molar-refractivity contribution >= 4 is 11.8 Å². The summed E-state index contributed by atoms with van der Waals surface area (Å²) in [6.07, 6.45) is 4.31. The van der Waals surface area contributed by atoms with Gasteiger partial charge in [0.1, 0.15) is 11.9 Å². The van der Waals surface area contributed by atoms with Gasteiger partial charge >= 0.3 is 0 Å². The van der Waals surface area contributed by atoms with Crippen LogP contribution in [0.1, 0.15) is 49.3 Å². The number of hydrogen-bond acceptors (Lipinski definition) is 2. The number of nitrogens with one attached hydrogen (secondary N) is 1. The Balaban J connectivity index is 1.85. The molecule has 0 heterocycles. The van der Waals surface area contributed by atoms with Crippen LogP contribution in [-0.4, -0.2) is 29.3 Å². The molecule has 3 aromatic rings. The zero-order valence-corrected chi connectivity index (χ0v) is 20.5. The van der Waals surface area contributed by atoms with E-state index in [4.69, 9.17) is 0 Å². The molecule has 35 heavy (non-hydrogen) atoms. The highest BCUT2D eigenvalue weighted by Gasteiger charge is 2.30. The van der Waals surface area contributed by atoms with Gasteiger partial charge in [-0.05, 0) is 41.7 Å². The number of nitrogens with zero attached hydrogens (tertiary/aromatic N) is 1. The molecule has 0 saturated heterocycles. The summed E-state index contributed by atoms with van der Waals surface area (Å²) in [5.41, 5.74) is 2.85. The maximum atomic E-state index is 13.6. The first-order valence-corrected chi connectivity index (χ1v) is 12.5. The SMILES string of the molecule is CCCCCNC(=O)C(Cc1ccccc1)N(Cc1ccc(F)cc1)C(=O)CCc1ccccc1. The van der Waals surface area contributed by atoms with Gasteiger partial charge in [-0.1, -0.05) is 92.6 Å². The normalized spacial score (nSPS) is 11.6. The van der Waals surface area contributed by atoms with Gasteiger partial charge in [0.05, 0.1) is 0 Å². The molecule has 1 unspecified atom stereocenters. The average molecular weight is 475 g/mol. The lowest BCUT2D eigenvalue weighted by Crippen LogP contribution is -2.50. The van der Waals surface area contributed by atoms with Gasteiger partial charge in [0, 0.05) is 25.9 Å². The number of carbonyl (C=O) groups excluding carboxylic acids is 2. The van der Waals surface area contributed by atoms with Crippen LogP contribution in [-0.2, 0) is 29.0 Å². The summed E-state index contributed by atoms with van der Waals surface area (Å²) in [4.78, 5) is 28.6. The Morgan fingerprint density at radius 1 is 0.829 bits per heavy atom. The Morgan fingerprint density at radius 2 is 1.46 bits per heavy atom. The first kappa shape index (κ1) is 26.1. The molecule has 1 atom stereocenters. The lowest BCUT2D eigenvalue weighted by Gasteiger charge is -2.31. The number of halogens is 1. The van der Waals surface area contributed by atoms with Crippen molar-refractivity contribution in [2.45, 2.75) is 58.0 Å². The molecule has 4 nitrogen and oxygen atoms in total. The third kappa shape index (κ3) is 8.67. The minimum absolute atomic E-state index is 0.0946. The maximum Gasteiger partial charge on any atom is 0.243 e. The second-order valence-electron chi connectivity index (χ2n) is 8.84. The number of hydrogen-bond donors (Lipinski definition) is 1. The highest BCUT2D eigenvalue weighted by atomic mass is 19.1. The van der Waals surface area contributed by atoms with Gasteiger partial charge in [0.2, 0.25) is 11.8 Å². The Morgan fingerprint density at radius 3 is 2.09 bits per heavy atom. The molecule has 0 saturated carbocycles. The Hall–Kier alpha value is -3.47. The van der Waals surface area contributed by atoms with Crippen LogP contribution >= 0.6 is 0 Å². The summed E-state index contributed by atoms with van der Waals surface area (Å²) >= 11 is 0. The monoisotopic (exact) mass is 474 g/mol. The first-order chi connectivity index (χ1) is 17.1. The number of carbonyl (C=O) groups is 2. The zero-order valence-electron chi connectivity index (χ0n) is 20.5. The lowest BCUT2D eigenvalue weighted by atomic mass is 10.0. The van der Waals surface area contributed by atoms with Crippen LogP contribution in [0.25, 0.3) is 0 Å². The summed E-state index contributed by atoms with van der Waals surface area (Å²) in [5.74, 6) is -0.576. The third-order valence-electron chi connectivity index (χ3n) is 6.09. The molecule has 2 amide bonds. The van der Waals surface area contributed by atoms with Crippen molar-refractivity contribution in [3.05, 3.63) is 107 Å². The fourth-order valence-corrected chi connectivity index (χ4v) is 4.08. The van der Waals surface area contributed by atoms with E-state index in [9.17, 15) is 14.0 Å². The van der Waals surface area contributed by atoms with E-state index in [1.807, 2.05) is 60.7 Å². The number of rotatable bonds is 13. The topological polar surface area (TPSA) is 49.4 Å². The van der Waals surface area contributed by atoms with Crippen LogP contribution in [0, 0.1) is 5.82 Å². The summed E-state index contributed by atoms with van der Waals surface area (Å²) in [6.45, 7) is 2.95. The molecule has 3 rings (SSSR count). The van der Waals surface area contributed by atoms with Crippen LogP contribution < -0.4 is 5.32 Å². The standard InChI is InChI=1S/C30H35FN2O2/c1-2-3-10-21-32-30(35)28(22-25-13-8-5-9-14-25)33(23-26-15-18-27(31)19-16-26)29(34)20-17-24-11-6-4-7-12-24/h4-9,11-16,18-19,28H,2-3,10,17,20-23H2,1H3,(H,32,35). The molecular formula is C30H35FN2O2. The van der Waals surface area contributed by atoms with Gasteiger partial charge < -0.3 is 10.2 Å². The lowest BCUT2D eigenvalue weighted by molar-refractivity contribution is -0.141. The van der Waals surface area contributed by atoms with E-state index in [0.717, 1.165) is 36.0 Å². The number of benzene rings is 3. The minimum atomic E-state index is -0.660. The van der Waals surface area contributed by atoms with Gasteiger partial charge in [-0.3, -0.25) is 9.59 Å². The van der Waals surface area contributed by atoms with Crippen molar-refractivity contribution in [1.82, 2.24) is 10.2 Å². The fraction of sp³-hybridized carbons (Fsp3) is 0.333. The van der Waals surface area contributed by atoms with Gasteiger partial charge in [0.15, 0.2) is 0 Å². The van der Waals surface area contributed by atoms with Crippen molar-refractivity contribution in [1.29, 1.82) is 0 Å². The van der Waals surface area contributed by atoms with Crippen LogP contribution in [0.15, 0.2) is 84.9 Å². The summed E-state index contributed by atoms with van der Waals surface area (Å²) in [5, 5.41) is 3.05. The molecule has 0 radical (unpaired) electrons. The molecule has 0 bridgehead atoms. The Labute approximate surface area is 208 Å². The molecule has 0 aliphatic carbocycles. The summed E-state index contributed by atoms with van der Waals surface area (Å²) in [6, 6.07) is 25.1. The summed E-state index contributed by atoms with van der Waals surface area (Å²) in [7, 11) is 0. The molecule has 0 fully saturated rings. The van der Waals surface area contributed by atoms with Crippen molar-refractivity contribution in [3.63, 3.8) is 0 Å². The van der Waals surface area contributed by atoms with Crippen LogP contribution in [0.4, 0.5) is 4.39 Å². The van der Waals surface area contributed by atoms with Crippen molar-refractivity contribution in [2.75, 3.05) is 6.54 Å². The van der Waals surface area contributed by atoms with Gasteiger partial charge in [-0.2, -0.15) is 0 Å². The number of unbranched alkanes of at least 4 members (excludes halogenated alkanes) is 2. The van der Waals surface area contributed by atoms with Gasteiger partial charge in [0.25, 0.3) is 0 Å². The molecule has 0 aromatic heterocycles. The average Bonchev–Trinajstić information content (AvgIpc) is 2.89. The highest BCUT2D eigenvalue weighted by molar-refractivity contribution is 5.88. The number of amides is 2. The van der Waals surface area contributed by atoms with Crippen molar-refractivity contribution in [2.24, 2.45) is 0 Å². The first-order valence-electron chi connectivity index (χ1n) is 12.5. The van der Waals surface area contributed by atoms with Crippen LogP contribution in [0.2, 0.25) is 0 Å². The van der Waals surface area contributed by atoms with E-state index in [1.54, 1.807) is 17.0 Å². The van der Waals surface area contributed by atoms with E-state index in [2.05, 4.69) is 12.2 Å². The van der Waals surface area contributed by atoms with E-state index in [-0.39, 0.29) is 24.2 Å². The quantitative estimate of drug-likeness (QED) is 0.323.